The summed E-state index contributed by atoms with van der Waals surface area (Å²) in [7, 11) is 3.81. The van der Waals surface area contributed by atoms with Crippen LogP contribution in [0.2, 0.25) is 0 Å². The zero-order valence-corrected chi connectivity index (χ0v) is 13.1. The Balaban J connectivity index is 1.83. The van der Waals surface area contributed by atoms with Crippen LogP contribution < -0.4 is 0 Å². The van der Waals surface area contributed by atoms with E-state index in [1.807, 2.05) is 20.2 Å². The average Bonchev–Trinajstić information content (AvgIpc) is 2.97. The van der Waals surface area contributed by atoms with E-state index in [1.54, 1.807) is 7.11 Å². The van der Waals surface area contributed by atoms with Gasteiger partial charge < -0.3 is 13.8 Å². The van der Waals surface area contributed by atoms with Crippen molar-refractivity contribution in [1.29, 1.82) is 0 Å². The highest BCUT2D eigenvalue weighted by Gasteiger charge is 2.29. The Morgan fingerprint density at radius 1 is 1.43 bits per heavy atom. The molecule has 0 aromatic carbocycles. The molecule has 0 spiro atoms. The molecule has 21 heavy (non-hydrogen) atoms. The second kappa shape index (κ2) is 5.61. The van der Waals surface area contributed by atoms with Gasteiger partial charge in [0.25, 0.3) is 0 Å². The van der Waals surface area contributed by atoms with E-state index in [-0.39, 0.29) is 0 Å². The summed E-state index contributed by atoms with van der Waals surface area (Å²) in [5, 5.41) is 4.04. The third-order valence-corrected chi connectivity index (χ3v) is 4.23. The standard InChI is InChI=1S/C15H22N4O2/c1-10-13(11(2)21-17-10)6-19-5-12(8-20-4)15-14(7-19)16-9-18(15)3/h9,12H,5-8H2,1-4H3/t12-/m0/s1. The van der Waals surface area contributed by atoms with E-state index in [9.17, 15) is 0 Å². The Kier molecular flexibility index (Phi) is 3.82. The molecule has 1 aliphatic heterocycles. The molecular formula is C15H22N4O2. The summed E-state index contributed by atoms with van der Waals surface area (Å²) < 4.78 is 12.8. The molecule has 0 bridgehead atoms. The normalized spacial score (nSPS) is 19.0. The first-order valence-corrected chi connectivity index (χ1v) is 7.23. The molecule has 0 aliphatic carbocycles. The number of ether oxygens (including phenoxy) is 1. The van der Waals surface area contributed by atoms with E-state index < -0.39 is 0 Å². The molecule has 1 aliphatic rings. The molecule has 0 radical (unpaired) electrons. The fourth-order valence-corrected chi connectivity index (χ4v) is 3.21. The smallest absolute Gasteiger partial charge is 0.138 e. The van der Waals surface area contributed by atoms with Gasteiger partial charge in [0, 0.05) is 51.0 Å². The minimum absolute atomic E-state index is 0.353. The van der Waals surface area contributed by atoms with Crippen molar-refractivity contribution in [2.24, 2.45) is 7.05 Å². The van der Waals surface area contributed by atoms with Crippen LogP contribution in [-0.2, 0) is 24.9 Å². The lowest BCUT2D eigenvalue weighted by Crippen LogP contribution is -2.36. The van der Waals surface area contributed by atoms with Crippen LogP contribution in [0.1, 0.15) is 34.3 Å². The Morgan fingerprint density at radius 3 is 2.90 bits per heavy atom. The summed E-state index contributed by atoms with van der Waals surface area (Å²) in [6.45, 7) is 7.35. The molecule has 2 aromatic heterocycles. The molecule has 0 unspecified atom stereocenters. The number of aromatic nitrogens is 3. The van der Waals surface area contributed by atoms with Crippen molar-refractivity contribution in [3.8, 4) is 0 Å². The molecule has 6 nitrogen and oxygen atoms in total. The molecular weight excluding hydrogens is 268 g/mol. The van der Waals surface area contributed by atoms with Crippen molar-refractivity contribution in [1.82, 2.24) is 19.6 Å². The van der Waals surface area contributed by atoms with Gasteiger partial charge in [-0.3, -0.25) is 4.90 Å². The lowest BCUT2D eigenvalue weighted by molar-refractivity contribution is 0.132. The molecule has 0 fully saturated rings. The number of hydrogen-bond acceptors (Lipinski definition) is 5. The third kappa shape index (κ3) is 2.61. The maximum absolute atomic E-state index is 5.39. The van der Waals surface area contributed by atoms with Crippen LogP contribution in [0.25, 0.3) is 0 Å². The van der Waals surface area contributed by atoms with Crippen molar-refractivity contribution < 1.29 is 9.26 Å². The molecule has 0 saturated carbocycles. The Bertz CT molecular complexity index is 612. The van der Waals surface area contributed by atoms with Gasteiger partial charge in [0.2, 0.25) is 0 Å². The predicted molar refractivity (Wildman–Crippen MR) is 77.9 cm³/mol. The Hall–Kier alpha value is -1.66. The van der Waals surface area contributed by atoms with Gasteiger partial charge in [0.1, 0.15) is 5.76 Å². The third-order valence-electron chi connectivity index (χ3n) is 4.23. The zero-order valence-electron chi connectivity index (χ0n) is 13.1. The van der Waals surface area contributed by atoms with Crippen LogP contribution in [0.4, 0.5) is 0 Å². The number of aryl methyl sites for hydroxylation is 3. The molecule has 114 valence electrons. The van der Waals surface area contributed by atoms with Crippen molar-refractivity contribution in [2.45, 2.75) is 32.9 Å². The second-order valence-electron chi connectivity index (χ2n) is 5.81. The van der Waals surface area contributed by atoms with E-state index in [0.717, 1.165) is 36.8 Å². The van der Waals surface area contributed by atoms with E-state index in [0.29, 0.717) is 12.5 Å². The van der Waals surface area contributed by atoms with E-state index in [1.165, 1.54) is 11.3 Å². The largest absolute Gasteiger partial charge is 0.384 e. The summed E-state index contributed by atoms with van der Waals surface area (Å²) in [5.41, 5.74) is 4.61. The molecule has 1 atom stereocenters. The van der Waals surface area contributed by atoms with E-state index >= 15 is 0 Å². The number of methoxy groups -OCH3 is 1. The van der Waals surface area contributed by atoms with Crippen LogP contribution in [0.15, 0.2) is 10.9 Å². The monoisotopic (exact) mass is 290 g/mol. The van der Waals surface area contributed by atoms with Crippen molar-refractivity contribution in [2.75, 3.05) is 20.3 Å². The highest BCUT2D eigenvalue weighted by Crippen LogP contribution is 2.29. The maximum Gasteiger partial charge on any atom is 0.138 e. The number of imidazole rings is 1. The van der Waals surface area contributed by atoms with Crippen molar-refractivity contribution in [3.05, 3.63) is 34.7 Å². The van der Waals surface area contributed by atoms with Gasteiger partial charge >= 0.3 is 0 Å². The fraction of sp³-hybridized carbons (Fsp3) is 0.600. The minimum atomic E-state index is 0.353. The molecule has 0 N–H and O–H groups in total. The zero-order chi connectivity index (χ0) is 15.0. The highest BCUT2D eigenvalue weighted by atomic mass is 16.5. The summed E-state index contributed by atoms with van der Waals surface area (Å²) in [5.74, 6) is 1.26. The first-order chi connectivity index (χ1) is 10.1. The number of nitrogens with zero attached hydrogens (tertiary/aromatic N) is 4. The van der Waals surface area contributed by atoms with Gasteiger partial charge in [-0.15, -0.1) is 0 Å². The van der Waals surface area contributed by atoms with E-state index in [2.05, 4.69) is 26.7 Å². The quantitative estimate of drug-likeness (QED) is 0.859. The number of fused-ring (bicyclic) bond motifs is 1. The summed E-state index contributed by atoms with van der Waals surface area (Å²) in [6, 6.07) is 0. The molecule has 3 heterocycles. The van der Waals surface area contributed by atoms with Gasteiger partial charge in [-0.25, -0.2) is 4.98 Å². The summed E-state index contributed by atoms with van der Waals surface area (Å²) in [6.07, 6.45) is 1.90. The van der Waals surface area contributed by atoms with Crippen LogP contribution in [0.5, 0.6) is 0 Å². The average molecular weight is 290 g/mol. The lowest BCUT2D eigenvalue weighted by atomic mass is 9.98. The first-order valence-electron chi connectivity index (χ1n) is 7.23. The van der Waals surface area contributed by atoms with Gasteiger partial charge in [-0.1, -0.05) is 5.16 Å². The SMILES string of the molecule is COC[C@@H]1CN(Cc2c(C)noc2C)Cc2ncn(C)c21. The molecule has 0 amide bonds. The van der Waals surface area contributed by atoms with Crippen molar-refractivity contribution in [3.63, 3.8) is 0 Å². The molecule has 6 heteroatoms. The number of hydrogen-bond donors (Lipinski definition) is 0. The number of rotatable bonds is 4. The maximum atomic E-state index is 5.39. The first kappa shape index (κ1) is 14.3. The Morgan fingerprint density at radius 2 is 2.24 bits per heavy atom. The van der Waals surface area contributed by atoms with Crippen molar-refractivity contribution >= 4 is 0 Å². The topological polar surface area (TPSA) is 56.3 Å². The van der Waals surface area contributed by atoms with Gasteiger partial charge in [-0.2, -0.15) is 0 Å². The van der Waals surface area contributed by atoms with E-state index in [4.69, 9.17) is 9.26 Å². The van der Waals surface area contributed by atoms with Crippen LogP contribution in [0, 0.1) is 13.8 Å². The summed E-state index contributed by atoms with van der Waals surface area (Å²) >= 11 is 0. The molecule has 2 aromatic rings. The van der Waals surface area contributed by atoms with Gasteiger partial charge in [-0.05, 0) is 13.8 Å². The van der Waals surface area contributed by atoms with Crippen LogP contribution in [0.3, 0.4) is 0 Å². The summed E-state index contributed by atoms with van der Waals surface area (Å²) in [4.78, 5) is 6.93. The van der Waals surface area contributed by atoms with Crippen LogP contribution in [-0.4, -0.2) is 39.9 Å². The second-order valence-corrected chi connectivity index (χ2v) is 5.81. The molecule has 3 rings (SSSR count). The molecule has 0 saturated heterocycles. The fourth-order valence-electron chi connectivity index (χ4n) is 3.21. The predicted octanol–water partition coefficient (Wildman–Crippen LogP) is 1.77. The van der Waals surface area contributed by atoms with Crippen LogP contribution >= 0.6 is 0 Å². The lowest BCUT2D eigenvalue weighted by Gasteiger charge is -2.32. The minimum Gasteiger partial charge on any atom is -0.384 e. The van der Waals surface area contributed by atoms with Gasteiger partial charge in [0.15, 0.2) is 0 Å². The van der Waals surface area contributed by atoms with Gasteiger partial charge in [0.05, 0.1) is 24.3 Å². The highest BCUT2D eigenvalue weighted by molar-refractivity contribution is 5.24. The Labute approximate surface area is 124 Å².